The van der Waals surface area contributed by atoms with Gasteiger partial charge in [-0.05, 0) is 37.3 Å². The van der Waals surface area contributed by atoms with E-state index in [9.17, 15) is 19.5 Å². The van der Waals surface area contributed by atoms with Crippen LogP contribution in [-0.4, -0.2) is 62.3 Å². The van der Waals surface area contributed by atoms with E-state index in [-0.39, 0.29) is 36.7 Å². The van der Waals surface area contributed by atoms with Crippen LogP contribution in [0.25, 0.3) is 10.4 Å². The molecule has 5 atom stereocenters. The van der Waals surface area contributed by atoms with Gasteiger partial charge in [0.05, 0.1) is 33.1 Å². The molecule has 36 heavy (non-hydrogen) atoms. The Kier molecular flexibility index (Phi) is 8.95. The van der Waals surface area contributed by atoms with Gasteiger partial charge in [0.25, 0.3) is 0 Å². The zero-order valence-electron chi connectivity index (χ0n) is 21.5. The Bertz CT molecular complexity index is 1100. The van der Waals surface area contributed by atoms with Crippen LogP contribution in [-0.2, 0) is 14.4 Å². The number of aromatic nitrogens is 1. The molecule has 1 aliphatic heterocycles. The molecule has 1 aromatic heterocycles. The molecule has 3 amide bonds. The third-order valence-corrected chi connectivity index (χ3v) is 7.80. The number of benzene rings is 1. The Morgan fingerprint density at radius 1 is 1.17 bits per heavy atom. The summed E-state index contributed by atoms with van der Waals surface area (Å²) in [7, 11) is 0. The van der Waals surface area contributed by atoms with Crippen LogP contribution >= 0.6 is 27.3 Å². The molecule has 10 heteroatoms. The van der Waals surface area contributed by atoms with Crippen LogP contribution in [0.3, 0.4) is 0 Å². The number of β-amino-alcohol motifs (C(OH)–C–C–N with tert-alkyl or cyclic N) is 1. The standard InChI is InChI=1S/C26H35BrN4O4S/c1-14(27)23(33)30-22(26(4,5)6)25(35)31-12-19(32)11-20(31)24(34)29-15(2)17-7-9-18(10-8-17)21-16(3)28-13-36-21/h7-10,13-15,19-20,22,32H,11-12H2,1-6H3,(H,29,34)(H,30,33). The number of hydrogen-bond acceptors (Lipinski definition) is 6. The van der Waals surface area contributed by atoms with Crippen molar-refractivity contribution in [3.8, 4) is 10.4 Å². The fourth-order valence-electron chi connectivity index (χ4n) is 4.27. The van der Waals surface area contributed by atoms with Crippen LogP contribution in [0.15, 0.2) is 29.8 Å². The van der Waals surface area contributed by atoms with E-state index in [1.807, 2.05) is 64.4 Å². The number of nitrogens with one attached hydrogen (secondary N) is 2. The van der Waals surface area contributed by atoms with Gasteiger partial charge in [0.1, 0.15) is 12.1 Å². The summed E-state index contributed by atoms with van der Waals surface area (Å²) in [5.74, 6) is -1.02. The maximum absolute atomic E-state index is 13.5. The van der Waals surface area contributed by atoms with Crippen LogP contribution in [0.2, 0.25) is 0 Å². The highest BCUT2D eigenvalue weighted by Gasteiger charge is 2.44. The first-order valence-corrected chi connectivity index (χ1v) is 13.8. The molecular weight excluding hydrogens is 544 g/mol. The number of alkyl halides is 1. The summed E-state index contributed by atoms with van der Waals surface area (Å²) in [6.07, 6.45) is -0.665. The molecule has 1 aromatic carbocycles. The third-order valence-electron chi connectivity index (χ3n) is 6.40. The molecule has 196 valence electrons. The molecule has 0 bridgehead atoms. The van der Waals surface area contributed by atoms with E-state index in [4.69, 9.17) is 0 Å². The number of aryl methyl sites for hydroxylation is 1. The Morgan fingerprint density at radius 2 is 1.81 bits per heavy atom. The first kappa shape index (κ1) is 28.3. The van der Waals surface area contributed by atoms with E-state index in [0.29, 0.717) is 0 Å². The summed E-state index contributed by atoms with van der Waals surface area (Å²) in [6.45, 7) is 11.2. The SMILES string of the molecule is Cc1ncsc1-c1ccc(C(C)NC(=O)C2CC(O)CN2C(=O)C(NC(=O)C(C)Br)C(C)(C)C)cc1. The second-order valence-corrected chi connectivity index (χ2v) is 12.7. The molecule has 2 aromatic rings. The van der Waals surface area contributed by atoms with Crippen molar-refractivity contribution in [3.63, 3.8) is 0 Å². The van der Waals surface area contributed by atoms with Crippen LogP contribution in [0.4, 0.5) is 0 Å². The van der Waals surface area contributed by atoms with Gasteiger partial charge < -0.3 is 20.6 Å². The maximum atomic E-state index is 13.5. The first-order chi connectivity index (χ1) is 16.8. The Hall–Kier alpha value is -2.30. The number of aliphatic hydroxyl groups is 1. The number of likely N-dealkylation sites (tertiary alicyclic amines) is 1. The molecule has 1 saturated heterocycles. The van der Waals surface area contributed by atoms with Gasteiger partial charge >= 0.3 is 0 Å². The summed E-state index contributed by atoms with van der Waals surface area (Å²) < 4.78 is 0. The van der Waals surface area contributed by atoms with Crippen molar-refractivity contribution in [1.82, 2.24) is 20.5 Å². The number of halogens is 1. The lowest BCUT2D eigenvalue weighted by Crippen LogP contribution is -2.58. The number of carbonyl (C=O) groups is 3. The smallest absolute Gasteiger partial charge is 0.246 e. The highest BCUT2D eigenvalue weighted by molar-refractivity contribution is 9.10. The minimum atomic E-state index is -0.842. The normalized spacial score (nSPS) is 20.5. The topological polar surface area (TPSA) is 112 Å². The molecular formula is C26H35BrN4O4S. The number of aliphatic hydroxyl groups excluding tert-OH is 1. The number of thiazole rings is 1. The number of hydrogen-bond donors (Lipinski definition) is 3. The predicted molar refractivity (Wildman–Crippen MR) is 145 cm³/mol. The molecule has 2 heterocycles. The number of rotatable bonds is 7. The number of nitrogens with zero attached hydrogens (tertiary/aromatic N) is 2. The van der Waals surface area contributed by atoms with Crippen molar-refractivity contribution in [2.75, 3.05) is 6.54 Å². The van der Waals surface area contributed by atoms with Gasteiger partial charge in [0, 0.05) is 13.0 Å². The molecule has 3 N–H and O–H groups in total. The van der Waals surface area contributed by atoms with Crippen LogP contribution in [0.5, 0.6) is 0 Å². The van der Waals surface area contributed by atoms with Crippen molar-refractivity contribution in [1.29, 1.82) is 0 Å². The second-order valence-electron chi connectivity index (χ2n) is 10.4. The minimum absolute atomic E-state index is 0.0422. The van der Waals surface area contributed by atoms with Crippen molar-refractivity contribution in [3.05, 3.63) is 41.0 Å². The third kappa shape index (κ3) is 6.52. The van der Waals surface area contributed by atoms with Gasteiger partial charge in [0.15, 0.2) is 0 Å². The average Bonchev–Trinajstić information content (AvgIpc) is 3.41. The van der Waals surface area contributed by atoms with E-state index in [1.165, 1.54) is 4.90 Å². The van der Waals surface area contributed by atoms with E-state index >= 15 is 0 Å². The molecule has 0 aliphatic carbocycles. The highest BCUT2D eigenvalue weighted by atomic mass is 79.9. The van der Waals surface area contributed by atoms with Crippen molar-refractivity contribution in [2.24, 2.45) is 5.41 Å². The molecule has 0 radical (unpaired) electrons. The van der Waals surface area contributed by atoms with Gasteiger partial charge in [-0.1, -0.05) is 61.0 Å². The summed E-state index contributed by atoms with van der Waals surface area (Å²) in [6, 6.07) is 6.00. The molecule has 0 spiro atoms. The molecule has 3 rings (SSSR count). The molecule has 0 saturated carbocycles. The lowest BCUT2D eigenvalue weighted by molar-refractivity contribution is -0.144. The average molecular weight is 580 g/mol. The summed E-state index contributed by atoms with van der Waals surface area (Å²) in [5, 5.41) is 16.1. The number of amides is 3. The van der Waals surface area contributed by atoms with E-state index < -0.39 is 28.4 Å². The Balaban J connectivity index is 1.73. The van der Waals surface area contributed by atoms with Gasteiger partial charge in [-0.15, -0.1) is 11.3 Å². The lowest BCUT2D eigenvalue weighted by Gasteiger charge is -2.35. The van der Waals surface area contributed by atoms with Crippen molar-refractivity contribution < 1.29 is 19.5 Å². The van der Waals surface area contributed by atoms with Crippen molar-refractivity contribution in [2.45, 2.75) is 77.0 Å². The lowest BCUT2D eigenvalue weighted by atomic mass is 9.85. The largest absolute Gasteiger partial charge is 0.391 e. The molecule has 5 unspecified atom stereocenters. The molecule has 1 fully saturated rings. The van der Waals surface area contributed by atoms with E-state index in [1.54, 1.807) is 18.3 Å². The Morgan fingerprint density at radius 3 is 2.33 bits per heavy atom. The van der Waals surface area contributed by atoms with Gasteiger partial charge in [-0.25, -0.2) is 4.98 Å². The first-order valence-electron chi connectivity index (χ1n) is 12.0. The van der Waals surface area contributed by atoms with Gasteiger partial charge in [0.2, 0.25) is 17.7 Å². The predicted octanol–water partition coefficient (Wildman–Crippen LogP) is 3.57. The summed E-state index contributed by atoms with van der Waals surface area (Å²) in [4.78, 5) is 45.5. The second kappa shape index (κ2) is 11.4. The summed E-state index contributed by atoms with van der Waals surface area (Å²) in [5.41, 5.74) is 4.21. The fourth-order valence-corrected chi connectivity index (χ4v) is 5.22. The van der Waals surface area contributed by atoms with E-state index in [2.05, 4.69) is 31.5 Å². The highest BCUT2D eigenvalue weighted by Crippen LogP contribution is 2.29. The van der Waals surface area contributed by atoms with Crippen LogP contribution < -0.4 is 10.6 Å². The summed E-state index contributed by atoms with van der Waals surface area (Å²) >= 11 is 4.82. The van der Waals surface area contributed by atoms with Crippen molar-refractivity contribution >= 4 is 45.0 Å². The van der Waals surface area contributed by atoms with Gasteiger partial charge in [-0.3, -0.25) is 14.4 Å². The maximum Gasteiger partial charge on any atom is 0.246 e. The van der Waals surface area contributed by atoms with Gasteiger partial charge in [-0.2, -0.15) is 0 Å². The number of carbonyl (C=O) groups excluding carboxylic acids is 3. The molecule has 1 aliphatic rings. The van der Waals surface area contributed by atoms with E-state index in [0.717, 1.165) is 21.7 Å². The monoisotopic (exact) mass is 578 g/mol. The van der Waals surface area contributed by atoms with Crippen LogP contribution in [0, 0.1) is 12.3 Å². The zero-order valence-corrected chi connectivity index (χ0v) is 23.9. The Labute approximate surface area is 225 Å². The quantitative estimate of drug-likeness (QED) is 0.435. The van der Waals surface area contributed by atoms with Crippen LogP contribution in [0.1, 0.15) is 58.3 Å². The zero-order chi connectivity index (χ0) is 26.8. The molecule has 8 nitrogen and oxygen atoms in total. The minimum Gasteiger partial charge on any atom is -0.391 e. The fraction of sp³-hybridized carbons (Fsp3) is 0.538.